The highest BCUT2D eigenvalue weighted by molar-refractivity contribution is 7.17. The molecule has 24 heavy (non-hydrogen) atoms. The summed E-state index contributed by atoms with van der Waals surface area (Å²) in [7, 11) is 0. The number of thiophene rings is 1. The predicted molar refractivity (Wildman–Crippen MR) is 97.4 cm³/mol. The van der Waals surface area contributed by atoms with E-state index in [1.807, 2.05) is 30.0 Å². The molecule has 0 aromatic carbocycles. The lowest BCUT2D eigenvalue weighted by atomic mass is 10.2. The number of rotatable bonds is 3. The highest BCUT2D eigenvalue weighted by atomic mass is 32.1. The van der Waals surface area contributed by atoms with Gasteiger partial charge in [-0.3, -0.25) is 9.78 Å². The Kier molecular flexibility index (Phi) is 4.16. The molecule has 0 radical (unpaired) electrons. The Morgan fingerprint density at radius 3 is 2.96 bits per heavy atom. The van der Waals surface area contributed by atoms with Gasteiger partial charge in [0.15, 0.2) is 0 Å². The molecule has 1 fully saturated rings. The highest BCUT2D eigenvalue weighted by Gasteiger charge is 2.33. The van der Waals surface area contributed by atoms with Crippen molar-refractivity contribution in [2.45, 2.75) is 25.8 Å². The number of nitrogens with zero attached hydrogens (tertiary/aromatic N) is 3. The summed E-state index contributed by atoms with van der Waals surface area (Å²) in [6.07, 6.45) is 3.84. The van der Waals surface area contributed by atoms with Gasteiger partial charge in [-0.15, -0.1) is 22.7 Å². The zero-order chi connectivity index (χ0) is 16.5. The number of likely N-dealkylation sites (tertiary alicyclic amines) is 1. The Bertz CT molecular complexity index is 843. The molecule has 1 aliphatic heterocycles. The Hall–Kier alpha value is -2.05. The van der Waals surface area contributed by atoms with Crippen molar-refractivity contribution in [2.75, 3.05) is 6.54 Å². The fourth-order valence-corrected chi connectivity index (χ4v) is 4.98. The van der Waals surface area contributed by atoms with Crippen molar-refractivity contribution in [1.29, 1.82) is 0 Å². The summed E-state index contributed by atoms with van der Waals surface area (Å²) in [5.74, 6) is 0.100. The standard InChI is InChI=1S/C18H17N3OS2/c1-12-16(24-17(20-12)13-6-2-3-9-19-13)18(22)21-10-4-7-14(21)15-8-5-11-23-15/h2-3,5-6,8-9,11,14H,4,7,10H2,1H3. The van der Waals surface area contributed by atoms with Gasteiger partial charge in [0.2, 0.25) is 0 Å². The first-order chi connectivity index (χ1) is 11.7. The summed E-state index contributed by atoms with van der Waals surface area (Å²) in [5.41, 5.74) is 1.61. The minimum absolute atomic E-state index is 0.100. The van der Waals surface area contributed by atoms with Gasteiger partial charge in [0.05, 0.1) is 17.4 Å². The molecule has 1 aliphatic rings. The Morgan fingerprint density at radius 1 is 1.29 bits per heavy atom. The minimum Gasteiger partial charge on any atom is -0.330 e. The maximum atomic E-state index is 13.1. The van der Waals surface area contributed by atoms with E-state index in [0.717, 1.165) is 40.7 Å². The number of carbonyl (C=O) groups is 1. The highest BCUT2D eigenvalue weighted by Crippen LogP contribution is 2.37. The number of carbonyl (C=O) groups excluding carboxylic acids is 1. The van der Waals surface area contributed by atoms with Gasteiger partial charge >= 0.3 is 0 Å². The monoisotopic (exact) mass is 355 g/mol. The van der Waals surface area contributed by atoms with Crippen LogP contribution < -0.4 is 0 Å². The smallest absolute Gasteiger partial charge is 0.266 e. The van der Waals surface area contributed by atoms with E-state index in [-0.39, 0.29) is 11.9 Å². The van der Waals surface area contributed by atoms with Crippen LogP contribution in [0.5, 0.6) is 0 Å². The maximum absolute atomic E-state index is 13.1. The molecule has 0 N–H and O–H groups in total. The van der Waals surface area contributed by atoms with Crippen LogP contribution in [0.2, 0.25) is 0 Å². The average molecular weight is 355 g/mol. The van der Waals surface area contributed by atoms with Crippen LogP contribution >= 0.6 is 22.7 Å². The van der Waals surface area contributed by atoms with Crippen LogP contribution in [-0.2, 0) is 0 Å². The van der Waals surface area contributed by atoms with Crippen molar-refractivity contribution in [3.63, 3.8) is 0 Å². The predicted octanol–water partition coefficient (Wildman–Crippen LogP) is 4.55. The van der Waals surface area contributed by atoms with Gasteiger partial charge in [0.25, 0.3) is 5.91 Å². The number of pyridine rings is 1. The van der Waals surface area contributed by atoms with Gasteiger partial charge in [-0.05, 0) is 43.3 Å². The van der Waals surface area contributed by atoms with Crippen molar-refractivity contribution < 1.29 is 4.79 Å². The van der Waals surface area contributed by atoms with Gasteiger partial charge in [-0.2, -0.15) is 0 Å². The van der Waals surface area contributed by atoms with Crippen molar-refractivity contribution >= 4 is 28.6 Å². The molecular weight excluding hydrogens is 338 g/mol. The molecule has 1 saturated heterocycles. The van der Waals surface area contributed by atoms with E-state index in [2.05, 4.69) is 27.5 Å². The lowest BCUT2D eigenvalue weighted by Crippen LogP contribution is -2.30. The topological polar surface area (TPSA) is 46.1 Å². The molecule has 0 spiro atoms. The SMILES string of the molecule is Cc1nc(-c2ccccn2)sc1C(=O)N1CCCC1c1cccs1. The summed E-state index contributed by atoms with van der Waals surface area (Å²) in [4.78, 5) is 26.0. The Balaban J connectivity index is 1.64. The van der Waals surface area contributed by atoms with E-state index in [1.165, 1.54) is 16.2 Å². The van der Waals surface area contributed by atoms with Crippen LogP contribution in [0.15, 0.2) is 41.9 Å². The second-order valence-corrected chi connectivity index (χ2v) is 7.80. The third-order valence-corrected chi connectivity index (χ3v) is 6.40. The van der Waals surface area contributed by atoms with Gasteiger partial charge in [0, 0.05) is 17.6 Å². The molecule has 122 valence electrons. The zero-order valence-corrected chi connectivity index (χ0v) is 14.9. The van der Waals surface area contributed by atoms with Gasteiger partial charge in [-0.25, -0.2) is 4.98 Å². The first-order valence-electron chi connectivity index (χ1n) is 7.97. The largest absolute Gasteiger partial charge is 0.330 e. The molecule has 3 aromatic rings. The fraction of sp³-hybridized carbons (Fsp3) is 0.278. The zero-order valence-electron chi connectivity index (χ0n) is 13.3. The van der Waals surface area contributed by atoms with Crippen molar-refractivity contribution in [1.82, 2.24) is 14.9 Å². The Morgan fingerprint density at radius 2 is 2.21 bits per heavy atom. The molecule has 0 aliphatic carbocycles. The molecule has 1 amide bonds. The molecule has 4 rings (SSSR count). The lowest BCUT2D eigenvalue weighted by Gasteiger charge is -2.23. The van der Waals surface area contributed by atoms with Crippen LogP contribution in [0.25, 0.3) is 10.7 Å². The van der Waals surface area contributed by atoms with E-state index in [9.17, 15) is 4.79 Å². The molecule has 0 saturated carbocycles. The second kappa shape index (κ2) is 6.45. The molecule has 0 bridgehead atoms. The summed E-state index contributed by atoms with van der Waals surface area (Å²) in [6, 6.07) is 10.1. The van der Waals surface area contributed by atoms with Crippen molar-refractivity contribution in [3.05, 3.63) is 57.4 Å². The number of aryl methyl sites for hydroxylation is 1. The van der Waals surface area contributed by atoms with Crippen LogP contribution in [0.3, 0.4) is 0 Å². The van der Waals surface area contributed by atoms with Crippen molar-refractivity contribution in [2.24, 2.45) is 0 Å². The van der Waals surface area contributed by atoms with E-state index in [4.69, 9.17) is 0 Å². The van der Waals surface area contributed by atoms with Gasteiger partial charge in [0.1, 0.15) is 9.88 Å². The molecule has 4 heterocycles. The third-order valence-electron chi connectivity index (χ3n) is 4.26. The number of amides is 1. The summed E-state index contributed by atoms with van der Waals surface area (Å²) >= 11 is 3.17. The van der Waals surface area contributed by atoms with Gasteiger partial charge < -0.3 is 4.90 Å². The molecule has 1 unspecified atom stereocenters. The first-order valence-corrected chi connectivity index (χ1v) is 9.67. The lowest BCUT2D eigenvalue weighted by molar-refractivity contribution is 0.0742. The number of hydrogen-bond donors (Lipinski definition) is 0. The third kappa shape index (κ3) is 2.76. The molecule has 6 heteroatoms. The van der Waals surface area contributed by atoms with Crippen LogP contribution in [0.4, 0.5) is 0 Å². The second-order valence-electron chi connectivity index (χ2n) is 5.82. The Labute approximate surface area is 148 Å². The summed E-state index contributed by atoms with van der Waals surface area (Å²) < 4.78 is 0. The minimum atomic E-state index is 0.100. The summed E-state index contributed by atoms with van der Waals surface area (Å²) in [6.45, 7) is 2.73. The van der Waals surface area contributed by atoms with E-state index in [1.54, 1.807) is 17.5 Å². The number of hydrogen-bond acceptors (Lipinski definition) is 5. The number of aromatic nitrogens is 2. The van der Waals surface area contributed by atoms with E-state index in [0.29, 0.717) is 0 Å². The quantitative estimate of drug-likeness (QED) is 0.692. The molecule has 1 atom stereocenters. The fourth-order valence-electron chi connectivity index (χ4n) is 3.11. The van der Waals surface area contributed by atoms with E-state index >= 15 is 0 Å². The molecule has 3 aromatic heterocycles. The average Bonchev–Trinajstić information content (AvgIpc) is 3.35. The molecule has 4 nitrogen and oxygen atoms in total. The molecular formula is C18H17N3OS2. The van der Waals surface area contributed by atoms with E-state index < -0.39 is 0 Å². The maximum Gasteiger partial charge on any atom is 0.266 e. The van der Waals surface area contributed by atoms with Gasteiger partial charge in [-0.1, -0.05) is 12.1 Å². The van der Waals surface area contributed by atoms with Crippen LogP contribution in [-0.4, -0.2) is 27.3 Å². The normalized spacial score (nSPS) is 17.4. The summed E-state index contributed by atoms with van der Waals surface area (Å²) in [5, 5.41) is 2.89. The number of thiazole rings is 1. The van der Waals surface area contributed by atoms with Crippen LogP contribution in [0.1, 0.15) is 39.1 Å². The van der Waals surface area contributed by atoms with Crippen molar-refractivity contribution in [3.8, 4) is 10.7 Å². The first kappa shape index (κ1) is 15.5. The van der Waals surface area contributed by atoms with Crippen LogP contribution in [0, 0.1) is 6.92 Å².